The second kappa shape index (κ2) is 5.53. The third-order valence-electron chi connectivity index (χ3n) is 3.82. The van der Waals surface area contributed by atoms with Crippen molar-refractivity contribution in [1.29, 1.82) is 0 Å². The highest BCUT2D eigenvalue weighted by atomic mass is 32.1. The lowest BCUT2D eigenvalue weighted by Crippen LogP contribution is -2.49. The van der Waals surface area contributed by atoms with Crippen molar-refractivity contribution in [3.05, 3.63) is 33.3 Å². The third-order valence-corrected chi connectivity index (χ3v) is 4.89. The number of imidazole rings is 1. The van der Waals surface area contributed by atoms with Crippen LogP contribution in [0.15, 0.2) is 6.33 Å². The molecule has 0 saturated carbocycles. The fraction of sp³-hybridized carbons (Fsp3) is 0.429. The molecule has 2 aromatic rings. The molecule has 0 bridgehead atoms. The quantitative estimate of drug-likeness (QED) is 0.881. The first-order valence-corrected chi connectivity index (χ1v) is 7.73. The summed E-state index contributed by atoms with van der Waals surface area (Å²) in [5.74, 6) is -1.20. The van der Waals surface area contributed by atoms with Crippen LogP contribution in [0.2, 0.25) is 0 Å². The maximum absolute atomic E-state index is 12.6. The number of nitrogens with zero attached hydrogens (tertiary/aromatic N) is 3. The highest BCUT2D eigenvalue weighted by Crippen LogP contribution is 2.24. The molecule has 3 heterocycles. The fourth-order valence-corrected chi connectivity index (χ4v) is 3.62. The molecule has 7 nitrogen and oxygen atoms in total. The summed E-state index contributed by atoms with van der Waals surface area (Å²) in [6.45, 7) is 4.01. The van der Waals surface area contributed by atoms with E-state index < -0.39 is 12.0 Å². The zero-order valence-electron chi connectivity index (χ0n) is 12.3. The topological polar surface area (TPSA) is 99.2 Å². The lowest BCUT2D eigenvalue weighted by atomic mass is 10.0. The van der Waals surface area contributed by atoms with Crippen molar-refractivity contribution < 1.29 is 14.7 Å². The summed E-state index contributed by atoms with van der Waals surface area (Å²) in [7, 11) is 0. The molecule has 1 amide bonds. The Hall–Kier alpha value is -2.22. The van der Waals surface area contributed by atoms with Crippen LogP contribution >= 0.6 is 11.3 Å². The molecular formula is C14H16N4O3S. The predicted octanol–water partition coefficient (Wildman–Crippen LogP) is 1.06. The average Bonchev–Trinajstić information content (AvgIpc) is 3.03. The zero-order valence-corrected chi connectivity index (χ0v) is 13.1. The van der Waals surface area contributed by atoms with Crippen molar-refractivity contribution in [3.8, 4) is 0 Å². The van der Waals surface area contributed by atoms with Crippen LogP contribution in [-0.4, -0.2) is 42.9 Å². The van der Waals surface area contributed by atoms with Gasteiger partial charge in [-0.2, -0.15) is 0 Å². The van der Waals surface area contributed by atoms with Crippen molar-refractivity contribution in [3.63, 3.8) is 0 Å². The van der Waals surface area contributed by atoms with E-state index in [9.17, 15) is 14.7 Å². The van der Waals surface area contributed by atoms with Gasteiger partial charge in [-0.1, -0.05) is 0 Å². The SMILES string of the molecule is Cc1nc(C)c(CC(=O)N2Cc3[nH]cnc3CC2C(=O)O)s1. The first-order valence-electron chi connectivity index (χ1n) is 6.92. The number of aromatic nitrogens is 3. The van der Waals surface area contributed by atoms with E-state index in [1.54, 1.807) is 0 Å². The minimum atomic E-state index is -1.00. The van der Waals surface area contributed by atoms with Gasteiger partial charge in [-0.3, -0.25) is 4.79 Å². The molecule has 0 spiro atoms. The summed E-state index contributed by atoms with van der Waals surface area (Å²) in [6.07, 6.45) is 1.96. The van der Waals surface area contributed by atoms with Gasteiger partial charge in [0.15, 0.2) is 0 Å². The van der Waals surface area contributed by atoms with E-state index in [1.807, 2.05) is 13.8 Å². The van der Waals surface area contributed by atoms with Crippen LogP contribution in [0.3, 0.4) is 0 Å². The van der Waals surface area contributed by atoms with Crippen molar-refractivity contribution >= 4 is 23.2 Å². The van der Waals surface area contributed by atoms with Gasteiger partial charge >= 0.3 is 5.97 Å². The second-order valence-electron chi connectivity index (χ2n) is 5.33. The number of nitrogens with one attached hydrogen (secondary N) is 1. The monoisotopic (exact) mass is 320 g/mol. The maximum atomic E-state index is 12.6. The number of H-pyrrole nitrogens is 1. The molecule has 1 atom stereocenters. The summed E-state index contributed by atoms with van der Waals surface area (Å²) >= 11 is 1.48. The van der Waals surface area contributed by atoms with Gasteiger partial charge in [-0.05, 0) is 13.8 Å². The van der Waals surface area contributed by atoms with E-state index >= 15 is 0 Å². The van der Waals surface area contributed by atoms with E-state index in [-0.39, 0.29) is 25.3 Å². The average molecular weight is 320 g/mol. The Balaban J connectivity index is 1.83. The molecular weight excluding hydrogens is 304 g/mol. The Morgan fingerprint density at radius 1 is 1.50 bits per heavy atom. The number of thiazole rings is 1. The largest absolute Gasteiger partial charge is 0.480 e. The van der Waals surface area contributed by atoms with Gasteiger partial charge in [0.25, 0.3) is 0 Å². The first-order chi connectivity index (χ1) is 10.5. The highest BCUT2D eigenvalue weighted by Gasteiger charge is 2.36. The smallest absolute Gasteiger partial charge is 0.326 e. The summed E-state index contributed by atoms with van der Waals surface area (Å²) < 4.78 is 0. The van der Waals surface area contributed by atoms with E-state index in [2.05, 4.69) is 15.0 Å². The van der Waals surface area contributed by atoms with E-state index in [0.717, 1.165) is 27.0 Å². The molecule has 0 saturated heterocycles. The normalized spacial score (nSPS) is 17.4. The molecule has 1 aliphatic rings. The van der Waals surface area contributed by atoms with Crippen molar-refractivity contribution in [2.75, 3.05) is 0 Å². The Labute approximate surface area is 131 Å². The van der Waals surface area contributed by atoms with Crippen LogP contribution in [0.4, 0.5) is 0 Å². The summed E-state index contributed by atoms with van der Waals surface area (Å²) in [5, 5.41) is 10.3. The molecule has 22 heavy (non-hydrogen) atoms. The Morgan fingerprint density at radius 2 is 2.27 bits per heavy atom. The van der Waals surface area contributed by atoms with Crippen LogP contribution in [0.5, 0.6) is 0 Å². The van der Waals surface area contributed by atoms with Gasteiger partial charge < -0.3 is 15.0 Å². The highest BCUT2D eigenvalue weighted by molar-refractivity contribution is 7.11. The Morgan fingerprint density at radius 3 is 2.91 bits per heavy atom. The molecule has 0 aliphatic carbocycles. The molecule has 0 radical (unpaired) electrons. The molecule has 1 unspecified atom stereocenters. The molecule has 3 rings (SSSR count). The summed E-state index contributed by atoms with van der Waals surface area (Å²) in [5.41, 5.74) is 2.37. The second-order valence-corrected chi connectivity index (χ2v) is 6.61. The van der Waals surface area contributed by atoms with Gasteiger partial charge in [0, 0.05) is 11.3 Å². The number of amides is 1. The number of hydrogen-bond donors (Lipinski definition) is 2. The van der Waals surface area contributed by atoms with Crippen molar-refractivity contribution in [2.45, 2.75) is 39.3 Å². The third kappa shape index (κ3) is 2.61. The van der Waals surface area contributed by atoms with Crippen LogP contribution < -0.4 is 0 Å². The lowest BCUT2D eigenvalue weighted by Gasteiger charge is -2.32. The number of carbonyl (C=O) groups is 2. The standard InChI is InChI=1S/C14H16N4O3S/c1-7-12(22-8(2)17-7)4-13(19)18-5-10-9(15-6-16-10)3-11(18)14(20)21/h6,11H,3-5H2,1-2H3,(H,15,16)(H,20,21). The van der Waals surface area contributed by atoms with E-state index in [1.165, 1.54) is 22.6 Å². The zero-order chi connectivity index (χ0) is 15.9. The number of aryl methyl sites for hydroxylation is 2. The number of hydrogen-bond acceptors (Lipinski definition) is 5. The van der Waals surface area contributed by atoms with Crippen LogP contribution in [-0.2, 0) is 29.0 Å². The van der Waals surface area contributed by atoms with Crippen molar-refractivity contribution in [2.24, 2.45) is 0 Å². The maximum Gasteiger partial charge on any atom is 0.326 e. The lowest BCUT2D eigenvalue weighted by molar-refractivity contribution is -0.151. The minimum Gasteiger partial charge on any atom is -0.480 e. The van der Waals surface area contributed by atoms with Gasteiger partial charge in [0.1, 0.15) is 6.04 Å². The molecule has 116 valence electrons. The van der Waals surface area contributed by atoms with Gasteiger partial charge in [0.05, 0.1) is 41.4 Å². The first kappa shape index (κ1) is 14.7. The molecule has 2 N–H and O–H groups in total. The van der Waals surface area contributed by atoms with Crippen LogP contribution in [0, 0.1) is 13.8 Å². The number of aromatic amines is 1. The number of fused-ring (bicyclic) bond motifs is 1. The number of carboxylic acids is 1. The number of aliphatic carboxylic acids is 1. The van der Waals surface area contributed by atoms with Crippen LogP contribution in [0.25, 0.3) is 0 Å². The molecule has 1 aliphatic heterocycles. The molecule has 0 fully saturated rings. The van der Waals surface area contributed by atoms with Gasteiger partial charge in [-0.25, -0.2) is 14.8 Å². The fourth-order valence-electron chi connectivity index (χ4n) is 2.70. The van der Waals surface area contributed by atoms with Gasteiger partial charge in [0.2, 0.25) is 5.91 Å². The predicted molar refractivity (Wildman–Crippen MR) is 79.6 cm³/mol. The van der Waals surface area contributed by atoms with Crippen molar-refractivity contribution in [1.82, 2.24) is 19.9 Å². The van der Waals surface area contributed by atoms with E-state index in [4.69, 9.17) is 0 Å². The summed E-state index contributed by atoms with van der Waals surface area (Å²) in [6, 6.07) is -0.863. The van der Waals surface area contributed by atoms with E-state index in [0.29, 0.717) is 0 Å². The summed E-state index contributed by atoms with van der Waals surface area (Å²) in [4.78, 5) is 37.8. The molecule has 2 aromatic heterocycles. The Kier molecular flexibility index (Phi) is 3.69. The number of carboxylic acid groups (broad SMARTS) is 1. The Bertz CT molecular complexity index is 736. The minimum absolute atomic E-state index is 0.185. The molecule has 8 heteroatoms. The molecule has 0 aromatic carbocycles. The number of carbonyl (C=O) groups excluding carboxylic acids is 1. The number of rotatable bonds is 3. The van der Waals surface area contributed by atoms with Crippen LogP contribution in [0.1, 0.15) is 27.0 Å². The van der Waals surface area contributed by atoms with Gasteiger partial charge in [-0.15, -0.1) is 11.3 Å².